The topological polar surface area (TPSA) is 43.4 Å². The lowest BCUT2D eigenvalue weighted by atomic mass is 9.45. The summed E-state index contributed by atoms with van der Waals surface area (Å²) >= 11 is 0. The molecule has 1 aliphatic heterocycles. The molecule has 0 aromatic carbocycles. The van der Waals surface area contributed by atoms with Crippen LogP contribution in [0.5, 0.6) is 0 Å². The van der Waals surface area contributed by atoms with Crippen molar-refractivity contribution in [2.75, 3.05) is 0 Å². The molecule has 0 aromatic heterocycles. The second-order valence-electron chi connectivity index (χ2n) is 10.9. The first-order valence-corrected chi connectivity index (χ1v) is 10.4. The average Bonchev–Trinajstić information content (AvgIpc) is 3.17. The number of cyclic esters (lactones) is 1. The van der Waals surface area contributed by atoms with Gasteiger partial charge in [-0.15, -0.1) is 0 Å². The lowest BCUT2D eigenvalue weighted by Crippen LogP contribution is -2.55. The maximum Gasteiger partial charge on any atom is 0.306 e. The van der Waals surface area contributed by atoms with Crippen molar-refractivity contribution in [3.63, 3.8) is 0 Å². The molecule has 0 unspecified atom stereocenters. The van der Waals surface area contributed by atoms with Crippen LogP contribution in [-0.2, 0) is 14.3 Å². The summed E-state index contributed by atoms with van der Waals surface area (Å²) in [6, 6.07) is 0. The molecule has 4 saturated carbocycles. The Balaban J connectivity index is 1.59. The lowest BCUT2D eigenvalue weighted by Gasteiger charge is -2.59. The summed E-state index contributed by atoms with van der Waals surface area (Å²) < 4.78 is 5.89. The van der Waals surface area contributed by atoms with Gasteiger partial charge >= 0.3 is 5.97 Å². The fourth-order valence-electron chi connectivity index (χ4n) is 8.75. The number of hydrogen-bond acceptors (Lipinski definition) is 3. The van der Waals surface area contributed by atoms with Crippen molar-refractivity contribution >= 4 is 11.8 Å². The van der Waals surface area contributed by atoms with Crippen molar-refractivity contribution in [1.82, 2.24) is 0 Å². The van der Waals surface area contributed by atoms with Gasteiger partial charge in [0.25, 0.3) is 0 Å². The highest BCUT2D eigenvalue weighted by atomic mass is 16.6. The Hall–Kier alpha value is -0.860. The molecule has 5 fully saturated rings. The van der Waals surface area contributed by atoms with Crippen LogP contribution < -0.4 is 0 Å². The van der Waals surface area contributed by atoms with E-state index in [1.54, 1.807) is 0 Å². The van der Waals surface area contributed by atoms with E-state index in [9.17, 15) is 9.59 Å². The third-order valence-electron chi connectivity index (χ3n) is 10.2. The van der Waals surface area contributed by atoms with Crippen molar-refractivity contribution in [2.24, 2.45) is 33.5 Å². The zero-order valence-electron chi connectivity index (χ0n) is 16.2. The van der Waals surface area contributed by atoms with E-state index in [4.69, 9.17) is 4.74 Å². The van der Waals surface area contributed by atoms with Gasteiger partial charge in [0, 0.05) is 24.2 Å². The van der Waals surface area contributed by atoms with Gasteiger partial charge < -0.3 is 4.74 Å². The van der Waals surface area contributed by atoms with Gasteiger partial charge in [-0.2, -0.15) is 0 Å². The summed E-state index contributed by atoms with van der Waals surface area (Å²) in [6.45, 7) is 8.98. The SMILES string of the molecule is CC1(C)OC(=O)CC[C@]23C[C@]24CC[C@]2(C)C(=O)CC[C@@]2(C)[C@@H]4CC[C@@H]13. The number of carbonyl (C=O) groups is 2. The predicted molar refractivity (Wildman–Crippen MR) is 94.8 cm³/mol. The number of ketones is 1. The van der Waals surface area contributed by atoms with Crippen LogP contribution in [0, 0.1) is 33.5 Å². The molecule has 0 aromatic rings. The van der Waals surface area contributed by atoms with Crippen LogP contribution in [0.4, 0.5) is 0 Å². The van der Waals surface area contributed by atoms with Crippen molar-refractivity contribution in [3.8, 4) is 0 Å². The first-order chi connectivity index (χ1) is 11.6. The van der Waals surface area contributed by atoms with E-state index < -0.39 is 0 Å². The van der Waals surface area contributed by atoms with Crippen LogP contribution in [0.3, 0.4) is 0 Å². The van der Waals surface area contributed by atoms with Gasteiger partial charge in [0.05, 0.1) is 0 Å². The number of carbonyl (C=O) groups excluding carboxylic acids is 2. The first kappa shape index (κ1) is 16.3. The monoisotopic (exact) mass is 344 g/mol. The third kappa shape index (κ3) is 1.61. The quantitative estimate of drug-likeness (QED) is 0.600. The molecule has 6 atom stereocenters. The summed E-state index contributed by atoms with van der Waals surface area (Å²) in [5.41, 5.74) is 0.390. The Morgan fingerprint density at radius 2 is 1.52 bits per heavy atom. The number of hydrogen-bond donors (Lipinski definition) is 0. The zero-order valence-corrected chi connectivity index (χ0v) is 16.2. The highest BCUT2D eigenvalue weighted by Gasteiger charge is 2.81. The number of rotatable bonds is 0. The maximum atomic E-state index is 12.7. The fraction of sp³-hybridized carbons (Fsp3) is 0.909. The van der Waals surface area contributed by atoms with E-state index in [-0.39, 0.29) is 22.4 Å². The van der Waals surface area contributed by atoms with Crippen molar-refractivity contribution in [1.29, 1.82) is 0 Å². The van der Waals surface area contributed by atoms with E-state index in [0.29, 0.717) is 34.9 Å². The molecule has 25 heavy (non-hydrogen) atoms. The molecular formula is C22H32O3. The molecule has 5 aliphatic rings. The molecule has 0 N–H and O–H groups in total. The molecule has 4 aliphatic carbocycles. The standard InChI is InChI=1S/C22H32O3/c1-18(2)14-5-6-15-19(3)9-7-16(23)20(19,4)11-12-22(15)13-21(14,22)10-8-17(24)25-18/h14-15H,5-13H2,1-4H3/t14-,15-,19-,20+,21+,22-/m0/s1. The van der Waals surface area contributed by atoms with E-state index in [1.165, 1.54) is 19.3 Å². The Morgan fingerprint density at radius 3 is 2.28 bits per heavy atom. The molecule has 5 rings (SSSR count). The molecule has 1 saturated heterocycles. The Kier molecular flexibility index (Phi) is 2.83. The zero-order chi connectivity index (χ0) is 17.9. The Bertz CT molecular complexity index is 681. The van der Waals surface area contributed by atoms with Crippen LogP contribution in [0.15, 0.2) is 0 Å². The molecule has 0 bridgehead atoms. The normalized spacial score (nSPS) is 56.0. The van der Waals surface area contributed by atoms with E-state index in [2.05, 4.69) is 27.7 Å². The maximum absolute atomic E-state index is 12.7. The Morgan fingerprint density at radius 1 is 0.840 bits per heavy atom. The highest BCUT2D eigenvalue weighted by molar-refractivity contribution is 5.88. The minimum Gasteiger partial charge on any atom is -0.459 e. The van der Waals surface area contributed by atoms with Crippen molar-refractivity contribution in [2.45, 2.75) is 91.1 Å². The number of esters is 1. The van der Waals surface area contributed by atoms with Gasteiger partial charge in [0.15, 0.2) is 0 Å². The molecule has 3 nitrogen and oxygen atoms in total. The summed E-state index contributed by atoms with van der Waals surface area (Å²) in [5, 5.41) is 0. The molecule has 0 amide bonds. The van der Waals surface area contributed by atoms with Gasteiger partial charge in [-0.05, 0) is 81.0 Å². The molecule has 0 radical (unpaired) electrons. The van der Waals surface area contributed by atoms with Gasteiger partial charge in [-0.25, -0.2) is 0 Å². The van der Waals surface area contributed by atoms with Crippen LogP contribution in [0.1, 0.15) is 85.5 Å². The summed E-state index contributed by atoms with van der Waals surface area (Å²) in [5.74, 6) is 1.66. The summed E-state index contributed by atoms with van der Waals surface area (Å²) in [7, 11) is 0. The van der Waals surface area contributed by atoms with E-state index >= 15 is 0 Å². The third-order valence-corrected chi connectivity index (χ3v) is 10.2. The summed E-state index contributed by atoms with van der Waals surface area (Å²) in [4.78, 5) is 25.0. The van der Waals surface area contributed by atoms with E-state index in [1.807, 2.05) is 0 Å². The van der Waals surface area contributed by atoms with Gasteiger partial charge in [0.1, 0.15) is 11.4 Å². The van der Waals surface area contributed by atoms with Gasteiger partial charge in [0.2, 0.25) is 0 Å². The number of Topliss-reactive ketones (excluding diaryl/α,β-unsaturated/α-hetero) is 1. The molecule has 1 heterocycles. The minimum atomic E-state index is -0.338. The van der Waals surface area contributed by atoms with E-state index in [0.717, 1.165) is 32.1 Å². The minimum absolute atomic E-state index is 0.00437. The van der Waals surface area contributed by atoms with Crippen LogP contribution in [0.2, 0.25) is 0 Å². The predicted octanol–water partition coefficient (Wildman–Crippen LogP) is 4.67. The Labute approximate surface area is 151 Å². The second-order valence-corrected chi connectivity index (χ2v) is 10.9. The highest BCUT2D eigenvalue weighted by Crippen LogP contribution is 2.87. The molecular weight excluding hydrogens is 312 g/mol. The molecule has 138 valence electrons. The largest absolute Gasteiger partial charge is 0.459 e. The van der Waals surface area contributed by atoms with Gasteiger partial charge in [-0.3, -0.25) is 9.59 Å². The second kappa shape index (κ2) is 4.34. The van der Waals surface area contributed by atoms with Crippen LogP contribution in [-0.4, -0.2) is 17.4 Å². The first-order valence-electron chi connectivity index (χ1n) is 10.4. The van der Waals surface area contributed by atoms with Gasteiger partial charge in [-0.1, -0.05) is 13.8 Å². The van der Waals surface area contributed by atoms with Crippen molar-refractivity contribution in [3.05, 3.63) is 0 Å². The number of fused-ring (bicyclic) bond motifs is 2. The summed E-state index contributed by atoms with van der Waals surface area (Å²) in [6.07, 6.45) is 9.35. The molecule has 3 heteroatoms. The average molecular weight is 344 g/mol. The van der Waals surface area contributed by atoms with Crippen LogP contribution in [0.25, 0.3) is 0 Å². The fourth-order valence-corrected chi connectivity index (χ4v) is 8.75. The van der Waals surface area contributed by atoms with Crippen molar-refractivity contribution < 1.29 is 14.3 Å². The van der Waals surface area contributed by atoms with Crippen LogP contribution >= 0.6 is 0 Å². The smallest absolute Gasteiger partial charge is 0.306 e. The molecule has 2 spiro atoms. The number of ether oxygens (including phenoxy) is 1. The lowest BCUT2D eigenvalue weighted by molar-refractivity contribution is -0.168.